The molecule has 4 aliphatic rings. The van der Waals surface area contributed by atoms with E-state index in [1.54, 1.807) is 6.08 Å². The zero-order chi connectivity index (χ0) is 29.5. The largest absolute Gasteiger partial charge is 0.377 e. The van der Waals surface area contributed by atoms with Crippen molar-refractivity contribution in [3.05, 3.63) is 25.3 Å². The molecule has 2 heterocycles. The molecule has 6 atom stereocenters. The molecule has 2 saturated heterocycles. The zero-order valence-electron chi connectivity index (χ0n) is 27.0. The van der Waals surface area contributed by atoms with Crippen LogP contribution in [0.5, 0.6) is 0 Å². The minimum Gasteiger partial charge on any atom is -0.377 e. The number of piperidine rings is 2. The SMILES string of the molecule is C=CCOC[C@@H]1CCCN(CC2CCCCC2NC)C1.C=CCOC[C@@H]1CCCNC1.CNC1CCCCC1C=O.Cl. The number of nitrogens with one attached hydrogen (secondary N) is 3. The fraction of sp³-hybridized carbons (Fsp3) is 0.853. The predicted molar refractivity (Wildman–Crippen MR) is 180 cm³/mol. The molecule has 3 N–H and O–H groups in total. The van der Waals surface area contributed by atoms with Crippen LogP contribution in [-0.2, 0) is 14.3 Å². The van der Waals surface area contributed by atoms with E-state index in [-0.39, 0.29) is 18.3 Å². The molecule has 246 valence electrons. The topological polar surface area (TPSA) is 74.9 Å². The van der Waals surface area contributed by atoms with E-state index >= 15 is 0 Å². The van der Waals surface area contributed by atoms with E-state index in [1.165, 1.54) is 96.8 Å². The maximum atomic E-state index is 10.5. The molecule has 0 amide bonds. The fourth-order valence-corrected chi connectivity index (χ4v) is 6.97. The third-order valence-corrected chi connectivity index (χ3v) is 9.32. The van der Waals surface area contributed by atoms with Gasteiger partial charge in [-0.25, -0.2) is 0 Å². The Labute approximate surface area is 264 Å². The van der Waals surface area contributed by atoms with Crippen LogP contribution < -0.4 is 16.0 Å². The second-order valence-electron chi connectivity index (χ2n) is 12.6. The van der Waals surface area contributed by atoms with Crippen molar-refractivity contribution in [2.24, 2.45) is 23.7 Å². The lowest BCUT2D eigenvalue weighted by Gasteiger charge is -2.39. The van der Waals surface area contributed by atoms with Crippen molar-refractivity contribution in [3.63, 3.8) is 0 Å². The van der Waals surface area contributed by atoms with Crippen LogP contribution in [0.15, 0.2) is 25.3 Å². The quantitative estimate of drug-likeness (QED) is 0.149. The van der Waals surface area contributed by atoms with Crippen molar-refractivity contribution in [2.75, 3.05) is 73.2 Å². The van der Waals surface area contributed by atoms with Gasteiger partial charge in [-0.05, 0) is 96.3 Å². The smallest absolute Gasteiger partial charge is 0.124 e. The number of likely N-dealkylation sites (tertiary alicyclic amines) is 1. The molecule has 4 unspecified atom stereocenters. The number of ether oxygens (including phenoxy) is 2. The maximum absolute atomic E-state index is 10.5. The fourth-order valence-electron chi connectivity index (χ4n) is 6.97. The van der Waals surface area contributed by atoms with Crippen LogP contribution in [0, 0.1) is 23.7 Å². The minimum atomic E-state index is 0. The average Bonchev–Trinajstić information content (AvgIpc) is 3.03. The lowest BCUT2D eigenvalue weighted by atomic mass is 9.83. The Morgan fingerprint density at radius 3 is 2.02 bits per heavy atom. The molecule has 8 heteroatoms. The van der Waals surface area contributed by atoms with E-state index in [9.17, 15) is 4.79 Å². The lowest BCUT2D eigenvalue weighted by Crippen LogP contribution is -2.46. The molecule has 42 heavy (non-hydrogen) atoms. The van der Waals surface area contributed by atoms with Crippen LogP contribution in [0.4, 0.5) is 0 Å². The maximum Gasteiger partial charge on any atom is 0.124 e. The zero-order valence-corrected chi connectivity index (χ0v) is 27.9. The molecule has 0 spiro atoms. The highest BCUT2D eigenvalue weighted by Gasteiger charge is 2.28. The van der Waals surface area contributed by atoms with Gasteiger partial charge < -0.3 is 35.1 Å². The van der Waals surface area contributed by atoms with Crippen molar-refractivity contribution in [3.8, 4) is 0 Å². The van der Waals surface area contributed by atoms with Gasteiger partial charge in [-0.3, -0.25) is 0 Å². The second-order valence-corrected chi connectivity index (χ2v) is 12.6. The van der Waals surface area contributed by atoms with Gasteiger partial charge in [-0.15, -0.1) is 25.6 Å². The van der Waals surface area contributed by atoms with Gasteiger partial charge in [0.2, 0.25) is 0 Å². The van der Waals surface area contributed by atoms with Crippen LogP contribution in [0.3, 0.4) is 0 Å². The predicted octanol–water partition coefficient (Wildman–Crippen LogP) is 5.25. The Morgan fingerprint density at radius 1 is 0.810 bits per heavy atom. The summed E-state index contributed by atoms with van der Waals surface area (Å²) in [6, 6.07) is 1.19. The monoisotopic (exact) mass is 612 g/mol. The molecule has 0 aromatic heterocycles. The average molecular weight is 613 g/mol. The second kappa shape index (κ2) is 25.5. The molecule has 0 aromatic carbocycles. The number of carbonyl (C=O) groups excluding carboxylic acids is 1. The van der Waals surface area contributed by atoms with Gasteiger partial charge in [0.25, 0.3) is 0 Å². The molecule has 0 aromatic rings. The van der Waals surface area contributed by atoms with Gasteiger partial charge in [-0.2, -0.15) is 0 Å². The van der Waals surface area contributed by atoms with E-state index < -0.39 is 0 Å². The third kappa shape index (κ3) is 16.3. The number of hydrogen-bond donors (Lipinski definition) is 3. The summed E-state index contributed by atoms with van der Waals surface area (Å²) in [5.74, 6) is 2.57. The molecule has 0 radical (unpaired) electrons. The Balaban J connectivity index is 0.000000341. The number of aldehydes is 1. The minimum absolute atomic E-state index is 0. The Kier molecular flexibility index (Phi) is 23.8. The van der Waals surface area contributed by atoms with Crippen molar-refractivity contribution in [1.29, 1.82) is 0 Å². The van der Waals surface area contributed by atoms with Crippen LogP contribution in [-0.4, -0.2) is 96.5 Å². The standard InChI is InChI=1S/C17H32N2O.C9H17NO.C8H15NO.ClH/c1-3-11-20-14-15-7-6-10-19(12-15)13-16-8-4-5-9-17(16)18-2;1-2-6-11-8-9-4-3-5-10-7-9;1-9-8-5-3-2-4-7(8)6-10;/h3,15-18H,1,4-14H2,2H3;2,9-10H,1,3-8H2;6-9H,2-5H2,1H3;1H/t15-,16?,17?;9-;;/m11../s1. The number of carbonyl (C=O) groups is 1. The summed E-state index contributed by atoms with van der Waals surface area (Å²) in [4.78, 5) is 13.2. The van der Waals surface area contributed by atoms with E-state index in [0.29, 0.717) is 19.3 Å². The summed E-state index contributed by atoms with van der Waals surface area (Å²) in [7, 11) is 4.07. The number of hydrogen-bond acceptors (Lipinski definition) is 7. The van der Waals surface area contributed by atoms with Crippen molar-refractivity contribution < 1.29 is 14.3 Å². The van der Waals surface area contributed by atoms with Crippen molar-refractivity contribution >= 4 is 18.7 Å². The molecule has 0 bridgehead atoms. The van der Waals surface area contributed by atoms with Gasteiger partial charge in [0, 0.05) is 37.6 Å². The summed E-state index contributed by atoms with van der Waals surface area (Å²) in [5, 5.41) is 10.1. The Hall–Kier alpha value is -0.800. The first kappa shape index (κ1) is 39.2. The van der Waals surface area contributed by atoms with Crippen LogP contribution in [0.25, 0.3) is 0 Å². The van der Waals surface area contributed by atoms with E-state index in [2.05, 4.69) is 41.1 Å². The first-order valence-electron chi connectivity index (χ1n) is 16.7. The molecule has 4 rings (SSSR count). The summed E-state index contributed by atoms with van der Waals surface area (Å²) in [6.45, 7) is 16.6. The van der Waals surface area contributed by atoms with Gasteiger partial charge >= 0.3 is 0 Å². The highest BCUT2D eigenvalue weighted by atomic mass is 35.5. The lowest BCUT2D eigenvalue weighted by molar-refractivity contribution is -0.112. The van der Waals surface area contributed by atoms with Crippen LogP contribution in [0.1, 0.15) is 77.0 Å². The molecule has 2 aliphatic heterocycles. The van der Waals surface area contributed by atoms with E-state index in [0.717, 1.165) is 56.3 Å². The summed E-state index contributed by atoms with van der Waals surface area (Å²) in [6.07, 6.45) is 20.3. The van der Waals surface area contributed by atoms with Gasteiger partial charge in [0.1, 0.15) is 6.29 Å². The van der Waals surface area contributed by atoms with Crippen molar-refractivity contribution in [2.45, 2.75) is 89.1 Å². The van der Waals surface area contributed by atoms with E-state index in [1.807, 2.05) is 13.1 Å². The third-order valence-electron chi connectivity index (χ3n) is 9.32. The number of nitrogens with zero attached hydrogens (tertiary/aromatic N) is 1. The molecule has 2 saturated carbocycles. The summed E-state index contributed by atoms with van der Waals surface area (Å²) >= 11 is 0. The summed E-state index contributed by atoms with van der Waals surface area (Å²) < 4.78 is 11.0. The summed E-state index contributed by atoms with van der Waals surface area (Å²) in [5.41, 5.74) is 0. The first-order valence-corrected chi connectivity index (χ1v) is 16.7. The van der Waals surface area contributed by atoms with E-state index in [4.69, 9.17) is 9.47 Å². The normalized spacial score (nSPS) is 29.9. The van der Waals surface area contributed by atoms with Gasteiger partial charge in [0.05, 0.1) is 26.4 Å². The van der Waals surface area contributed by atoms with Crippen LogP contribution in [0.2, 0.25) is 0 Å². The number of rotatable bonds is 13. The molecule has 7 nitrogen and oxygen atoms in total. The van der Waals surface area contributed by atoms with Gasteiger partial charge in [0.15, 0.2) is 0 Å². The van der Waals surface area contributed by atoms with Gasteiger partial charge in [-0.1, -0.05) is 37.8 Å². The van der Waals surface area contributed by atoms with Crippen molar-refractivity contribution in [1.82, 2.24) is 20.9 Å². The Morgan fingerprint density at radius 2 is 1.43 bits per heavy atom. The molecular formula is C34H65ClN4O3. The first-order chi connectivity index (χ1) is 20.1. The Bertz CT molecular complexity index is 679. The highest BCUT2D eigenvalue weighted by molar-refractivity contribution is 5.85. The van der Waals surface area contributed by atoms with Crippen LogP contribution >= 0.6 is 12.4 Å². The number of halogens is 1. The molecule has 2 aliphatic carbocycles. The highest BCUT2D eigenvalue weighted by Crippen LogP contribution is 2.27. The molecular weight excluding hydrogens is 548 g/mol. The molecule has 4 fully saturated rings.